The van der Waals surface area contributed by atoms with Crippen LogP contribution in [0.4, 0.5) is 5.69 Å². The molecule has 5 heteroatoms. The maximum Gasteiger partial charge on any atom is 0.272 e. The highest BCUT2D eigenvalue weighted by atomic mass is 35.5. The number of carbonyl (C=O) groups excluding carboxylic acids is 1. The summed E-state index contributed by atoms with van der Waals surface area (Å²) in [5, 5.41) is 5.99. The van der Waals surface area contributed by atoms with E-state index in [1.54, 1.807) is 0 Å². The Hall–Kier alpha value is -1.78. The first-order chi connectivity index (χ1) is 9.11. The van der Waals surface area contributed by atoms with E-state index in [1.807, 2.05) is 62.0 Å². The predicted octanol–water partition coefficient (Wildman–Crippen LogP) is 2.73. The molecule has 2 rings (SSSR count). The third-order valence-electron chi connectivity index (χ3n) is 3.20. The number of hydrogen-bond donors (Lipinski definition) is 2. The number of aryl methyl sites for hydroxylation is 1. The van der Waals surface area contributed by atoms with Gasteiger partial charge in [0.2, 0.25) is 0 Å². The van der Waals surface area contributed by atoms with Gasteiger partial charge in [-0.2, -0.15) is 0 Å². The van der Waals surface area contributed by atoms with Gasteiger partial charge in [0, 0.05) is 25.0 Å². The normalized spacial score (nSPS) is 9.95. The van der Waals surface area contributed by atoms with Crippen LogP contribution >= 0.6 is 12.4 Å². The van der Waals surface area contributed by atoms with Gasteiger partial charge in [0.25, 0.3) is 5.91 Å². The van der Waals surface area contributed by atoms with Crippen LogP contribution in [0.25, 0.3) is 0 Å². The lowest BCUT2D eigenvalue weighted by Gasteiger charge is -2.08. The van der Waals surface area contributed by atoms with Gasteiger partial charge in [-0.1, -0.05) is 12.1 Å². The fourth-order valence-corrected chi connectivity index (χ4v) is 1.95. The van der Waals surface area contributed by atoms with Crippen molar-refractivity contribution in [1.29, 1.82) is 0 Å². The van der Waals surface area contributed by atoms with Crippen molar-refractivity contribution in [2.24, 2.45) is 7.05 Å². The molecular formula is C15H20ClN3O. The maximum absolute atomic E-state index is 12.1. The second-order valence-corrected chi connectivity index (χ2v) is 4.60. The Kier molecular flexibility index (Phi) is 5.80. The van der Waals surface area contributed by atoms with Gasteiger partial charge in [-0.05, 0) is 43.8 Å². The third-order valence-corrected chi connectivity index (χ3v) is 3.20. The van der Waals surface area contributed by atoms with Gasteiger partial charge in [0.05, 0.1) is 0 Å². The minimum Gasteiger partial charge on any atom is -0.344 e. The number of nitrogens with one attached hydrogen (secondary N) is 2. The largest absolute Gasteiger partial charge is 0.344 e. The summed E-state index contributed by atoms with van der Waals surface area (Å²) in [5.74, 6) is -0.0861. The highest BCUT2D eigenvalue weighted by Crippen LogP contribution is 2.12. The Balaban J connectivity index is 0.00000200. The van der Waals surface area contributed by atoms with Crippen LogP contribution in [0, 0.1) is 6.92 Å². The van der Waals surface area contributed by atoms with E-state index in [4.69, 9.17) is 0 Å². The molecule has 0 aliphatic carbocycles. The lowest BCUT2D eigenvalue weighted by Crippen LogP contribution is -2.16. The Morgan fingerprint density at radius 2 is 1.80 bits per heavy atom. The Labute approximate surface area is 125 Å². The lowest BCUT2D eigenvalue weighted by atomic mass is 10.2. The van der Waals surface area contributed by atoms with Crippen LogP contribution in [0.15, 0.2) is 36.4 Å². The van der Waals surface area contributed by atoms with Crippen LogP contribution in [0.3, 0.4) is 0 Å². The fraction of sp³-hybridized carbons (Fsp3) is 0.267. The molecule has 1 amide bonds. The van der Waals surface area contributed by atoms with Gasteiger partial charge >= 0.3 is 0 Å². The molecule has 0 aliphatic rings. The minimum absolute atomic E-state index is 0. The fourth-order valence-electron chi connectivity index (χ4n) is 1.95. The Bertz CT molecular complexity index is 575. The molecule has 0 unspecified atom stereocenters. The molecule has 0 saturated heterocycles. The average molecular weight is 294 g/mol. The quantitative estimate of drug-likeness (QED) is 0.910. The van der Waals surface area contributed by atoms with Crippen LogP contribution < -0.4 is 10.6 Å². The number of hydrogen-bond acceptors (Lipinski definition) is 2. The first kappa shape index (κ1) is 16.3. The number of halogens is 1. The zero-order valence-electron chi connectivity index (χ0n) is 11.9. The molecule has 4 nitrogen and oxygen atoms in total. The van der Waals surface area contributed by atoms with E-state index in [-0.39, 0.29) is 18.3 Å². The highest BCUT2D eigenvalue weighted by Gasteiger charge is 2.10. The molecule has 0 atom stereocenters. The SMILES string of the molecule is CNCc1ccc(NC(=O)c2ccc(C)n2C)cc1.Cl. The van der Waals surface area contributed by atoms with Gasteiger partial charge in [-0.15, -0.1) is 12.4 Å². The molecule has 0 fully saturated rings. The number of benzene rings is 1. The number of aromatic nitrogens is 1. The molecule has 1 heterocycles. The van der Waals surface area contributed by atoms with Crippen molar-refractivity contribution in [1.82, 2.24) is 9.88 Å². The highest BCUT2D eigenvalue weighted by molar-refractivity contribution is 6.03. The van der Waals surface area contributed by atoms with Gasteiger partial charge in [-0.3, -0.25) is 4.79 Å². The number of amides is 1. The van der Waals surface area contributed by atoms with Crippen LogP contribution in [0.5, 0.6) is 0 Å². The van der Waals surface area contributed by atoms with E-state index in [0.29, 0.717) is 5.69 Å². The monoisotopic (exact) mass is 293 g/mol. The van der Waals surface area contributed by atoms with Crippen molar-refractivity contribution >= 4 is 24.0 Å². The molecule has 0 radical (unpaired) electrons. The van der Waals surface area contributed by atoms with Gasteiger partial charge < -0.3 is 15.2 Å². The van der Waals surface area contributed by atoms with E-state index in [0.717, 1.165) is 17.9 Å². The van der Waals surface area contributed by atoms with E-state index >= 15 is 0 Å². The molecule has 1 aromatic heterocycles. The first-order valence-corrected chi connectivity index (χ1v) is 6.29. The minimum atomic E-state index is -0.0861. The van der Waals surface area contributed by atoms with E-state index in [1.165, 1.54) is 5.56 Å². The summed E-state index contributed by atoms with van der Waals surface area (Å²) in [5.41, 5.74) is 3.73. The molecule has 0 saturated carbocycles. The summed E-state index contributed by atoms with van der Waals surface area (Å²) >= 11 is 0. The average Bonchev–Trinajstić information content (AvgIpc) is 2.73. The molecule has 2 N–H and O–H groups in total. The van der Waals surface area contributed by atoms with Crippen LogP contribution in [0.1, 0.15) is 21.7 Å². The summed E-state index contributed by atoms with van der Waals surface area (Å²) in [6.45, 7) is 2.80. The second-order valence-electron chi connectivity index (χ2n) is 4.60. The number of anilines is 1. The zero-order chi connectivity index (χ0) is 13.8. The topological polar surface area (TPSA) is 46.1 Å². The number of nitrogens with zero attached hydrogens (tertiary/aromatic N) is 1. The summed E-state index contributed by atoms with van der Waals surface area (Å²) in [6.07, 6.45) is 0. The summed E-state index contributed by atoms with van der Waals surface area (Å²) in [4.78, 5) is 12.1. The van der Waals surface area contributed by atoms with E-state index in [9.17, 15) is 4.79 Å². The van der Waals surface area contributed by atoms with Crippen LogP contribution in [0.2, 0.25) is 0 Å². The second kappa shape index (κ2) is 7.12. The van der Waals surface area contributed by atoms with Crippen molar-refractivity contribution < 1.29 is 4.79 Å². The molecule has 0 aliphatic heterocycles. The van der Waals surface area contributed by atoms with E-state index in [2.05, 4.69) is 10.6 Å². The molecule has 108 valence electrons. The van der Waals surface area contributed by atoms with Gasteiger partial charge in [0.15, 0.2) is 0 Å². The van der Waals surface area contributed by atoms with E-state index < -0.39 is 0 Å². The van der Waals surface area contributed by atoms with Gasteiger partial charge in [0.1, 0.15) is 5.69 Å². The maximum atomic E-state index is 12.1. The first-order valence-electron chi connectivity index (χ1n) is 6.29. The molecule has 2 aromatic rings. The van der Waals surface area contributed by atoms with Crippen molar-refractivity contribution in [3.8, 4) is 0 Å². The van der Waals surface area contributed by atoms with Crippen molar-refractivity contribution in [2.45, 2.75) is 13.5 Å². The van der Waals surface area contributed by atoms with Gasteiger partial charge in [-0.25, -0.2) is 0 Å². The standard InChI is InChI=1S/C15H19N3O.ClH/c1-11-4-9-14(18(11)3)15(19)17-13-7-5-12(6-8-13)10-16-2;/h4-9,16H,10H2,1-3H3,(H,17,19);1H. The summed E-state index contributed by atoms with van der Waals surface area (Å²) < 4.78 is 1.88. The summed E-state index contributed by atoms with van der Waals surface area (Å²) in [7, 11) is 3.80. The predicted molar refractivity (Wildman–Crippen MR) is 84.6 cm³/mol. The Morgan fingerprint density at radius 3 is 2.30 bits per heavy atom. The van der Waals surface area contributed by atoms with Crippen LogP contribution in [-0.4, -0.2) is 17.5 Å². The van der Waals surface area contributed by atoms with Crippen molar-refractivity contribution in [2.75, 3.05) is 12.4 Å². The molecule has 20 heavy (non-hydrogen) atoms. The molecule has 0 spiro atoms. The third kappa shape index (κ3) is 3.62. The molecule has 0 bridgehead atoms. The van der Waals surface area contributed by atoms with Crippen molar-refractivity contribution in [3.05, 3.63) is 53.3 Å². The van der Waals surface area contributed by atoms with Crippen LogP contribution in [-0.2, 0) is 13.6 Å². The lowest BCUT2D eigenvalue weighted by molar-refractivity contribution is 0.101. The number of carbonyl (C=O) groups is 1. The molecular weight excluding hydrogens is 274 g/mol. The zero-order valence-corrected chi connectivity index (χ0v) is 12.8. The van der Waals surface area contributed by atoms with Crippen molar-refractivity contribution in [3.63, 3.8) is 0 Å². The Morgan fingerprint density at radius 1 is 1.15 bits per heavy atom. The molecule has 1 aromatic carbocycles. The smallest absolute Gasteiger partial charge is 0.272 e. The summed E-state index contributed by atoms with van der Waals surface area (Å²) in [6, 6.07) is 11.6. The number of rotatable bonds is 4.